The van der Waals surface area contributed by atoms with E-state index in [1.165, 1.54) is 12.5 Å². The minimum absolute atomic E-state index is 0.0909. The zero-order valence-corrected chi connectivity index (χ0v) is 23.9. The number of hydrogen-bond donors (Lipinski definition) is 1. The van der Waals surface area contributed by atoms with Crippen LogP contribution in [0, 0.1) is 5.92 Å². The van der Waals surface area contributed by atoms with Crippen LogP contribution >= 0.6 is 0 Å². The van der Waals surface area contributed by atoms with E-state index in [9.17, 15) is 14.7 Å². The van der Waals surface area contributed by atoms with Crippen LogP contribution in [0.3, 0.4) is 0 Å². The highest BCUT2D eigenvalue weighted by atomic mass is 16.6. The Morgan fingerprint density at radius 3 is 2.79 bits per heavy atom. The van der Waals surface area contributed by atoms with E-state index < -0.39 is 6.10 Å². The maximum absolute atomic E-state index is 13.4. The molecule has 1 unspecified atom stereocenters. The van der Waals surface area contributed by atoms with Gasteiger partial charge >= 0.3 is 5.97 Å². The fourth-order valence-electron chi connectivity index (χ4n) is 8.27. The van der Waals surface area contributed by atoms with Crippen LogP contribution in [-0.4, -0.2) is 65.1 Å². The van der Waals surface area contributed by atoms with Crippen molar-refractivity contribution >= 4 is 18.0 Å². The van der Waals surface area contributed by atoms with Crippen molar-refractivity contribution < 1.29 is 28.6 Å². The van der Waals surface area contributed by atoms with Crippen molar-refractivity contribution in [1.29, 1.82) is 0 Å². The van der Waals surface area contributed by atoms with Crippen LogP contribution in [0.2, 0.25) is 0 Å². The fraction of sp³-hybridized carbons (Fsp3) is 0.412. The number of aliphatic hydroxyl groups excluding tert-OH is 1. The molecular weight excluding hydrogens is 532 g/mol. The normalized spacial score (nSPS) is 28.2. The zero-order valence-electron chi connectivity index (χ0n) is 23.9. The van der Waals surface area contributed by atoms with E-state index in [2.05, 4.69) is 11.0 Å². The molecule has 2 bridgehead atoms. The molecule has 6 atom stereocenters. The van der Waals surface area contributed by atoms with Crippen LogP contribution < -0.4 is 9.47 Å². The van der Waals surface area contributed by atoms with Gasteiger partial charge in [0.15, 0.2) is 11.5 Å². The number of β-amino-alcohol motifs (C(OH)–C–C–N with tert-alkyl or cyclic N) is 1. The first kappa shape index (κ1) is 27.0. The lowest BCUT2D eigenvalue weighted by Crippen LogP contribution is -2.69. The number of benzene rings is 2. The van der Waals surface area contributed by atoms with Gasteiger partial charge in [-0.1, -0.05) is 36.4 Å². The van der Waals surface area contributed by atoms with Crippen molar-refractivity contribution in [1.82, 2.24) is 9.80 Å². The van der Waals surface area contributed by atoms with Crippen molar-refractivity contribution in [3.63, 3.8) is 0 Å². The molecule has 1 saturated carbocycles. The summed E-state index contributed by atoms with van der Waals surface area (Å²) in [7, 11) is 1.86. The number of piperidine rings is 1. The average molecular weight is 569 g/mol. The minimum atomic E-state index is -0.568. The van der Waals surface area contributed by atoms with E-state index in [4.69, 9.17) is 13.9 Å². The van der Waals surface area contributed by atoms with Gasteiger partial charge in [0.1, 0.15) is 6.10 Å². The van der Waals surface area contributed by atoms with Crippen molar-refractivity contribution in [2.75, 3.05) is 20.1 Å². The minimum Gasteiger partial charge on any atom is -0.483 e. The summed E-state index contributed by atoms with van der Waals surface area (Å²) in [5.41, 5.74) is 3.83. The molecule has 4 aliphatic rings. The van der Waals surface area contributed by atoms with E-state index in [-0.39, 0.29) is 35.5 Å². The third-order valence-electron chi connectivity index (χ3n) is 10.0. The van der Waals surface area contributed by atoms with Gasteiger partial charge in [-0.25, -0.2) is 0 Å². The molecule has 42 heavy (non-hydrogen) atoms. The number of rotatable bonds is 7. The molecule has 2 aliphatic carbocycles. The maximum Gasteiger partial charge on any atom is 0.308 e. The molecule has 8 nitrogen and oxygen atoms in total. The zero-order chi connectivity index (χ0) is 29.0. The van der Waals surface area contributed by atoms with Crippen LogP contribution in [0.1, 0.15) is 54.5 Å². The van der Waals surface area contributed by atoms with Crippen molar-refractivity contribution in [2.45, 2.75) is 62.3 Å². The van der Waals surface area contributed by atoms with E-state index in [1.807, 2.05) is 54.4 Å². The van der Waals surface area contributed by atoms with Crippen LogP contribution in [0.4, 0.5) is 0 Å². The smallest absolute Gasteiger partial charge is 0.308 e. The molecular formula is C34H36N2O6. The Kier molecular flexibility index (Phi) is 6.71. The van der Waals surface area contributed by atoms with Gasteiger partial charge in [-0.2, -0.15) is 0 Å². The number of esters is 1. The predicted molar refractivity (Wildman–Crippen MR) is 156 cm³/mol. The number of nitrogens with zero attached hydrogens (tertiary/aromatic N) is 2. The Morgan fingerprint density at radius 2 is 2.02 bits per heavy atom. The van der Waals surface area contributed by atoms with Crippen LogP contribution in [0.5, 0.6) is 11.5 Å². The number of aliphatic hydroxyl groups is 1. The number of likely N-dealkylation sites (tertiary alicyclic amines) is 1. The van der Waals surface area contributed by atoms with Gasteiger partial charge in [-0.05, 0) is 67.5 Å². The maximum atomic E-state index is 13.4. The molecule has 218 valence electrons. The molecule has 1 aromatic heterocycles. The largest absolute Gasteiger partial charge is 0.483 e. The van der Waals surface area contributed by atoms with Crippen molar-refractivity contribution in [3.05, 3.63) is 89.4 Å². The van der Waals surface area contributed by atoms with Gasteiger partial charge in [-0.3, -0.25) is 14.5 Å². The number of furan rings is 1. The number of hydrogen-bond acceptors (Lipinski definition) is 7. The second kappa shape index (κ2) is 10.4. The van der Waals surface area contributed by atoms with E-state index >= 15 is 0 Å². The van der Waals surface area contributed by atoms with Crippen molar-refractivity contribution in [2.24, 2.45) is 5.92 Å². The summed E-state index contributed by atoms with van der Waals surface area (Å²) in [6, 6.07) is 15.7. The number of likely N-dealkylation sites (N-methyl/N-ethyl adjacent to an activating group) is 1. The molecule has 2 aliphatic heterocycles. The third-order valence-corrected chi connectivity index (χ3v) is 10.0. The highest BCUT2D eigenvalue weighted by Gasteiger charge is 2.66. The number of carbonyl (C=O) groups excluding carboxylic acids is 2. The molecule has 3 heterocycles. The summed E-state index contributed by atoms with van der Waals surface area (Å²) >= 11 is 0. The second-order valence-corrected chi connectivity index (χ2v) is 12.1. The number of carbonyl (C=O) groups is 2. The topological polar surface area (TPSA) is 92.5 Å². The summed E-state index contributed by atoms with van der Waals surface area (Å²) in [5, 5.41) is 11.2. The van der Waals surface area contributed by atoms with Gasteiger partial charge in [0.2, 0.25) is 5.91 Å². The molecule has 2 aromatic carbocycles. The first-order valence-corrected chi connectivity index (χ1v) is 14.8. The lowest BCUT2D eigenvalue weighted by Gasteiger charge is -2.60. The molecule has 1 saturated heterocycles. The standard InChI is InChI=1S/C34H36N2O6/c1-21(37)41-29-12-9-24-18-27-25-10-11-26(35(2)30(39)13-8-22-14-17-40-20-22)33-34(25,31(24)32(29)42-33)15-16-36(27)19-28(38)23-6-4-3-5-7-23/h3-9,12-14,17,20,25-28,33,38H,10-11,15-16,18-19H2,1-2H3/t25-,26-,27+,28?,33-,34-/m0/s1. The SMILES string of the molecule is CC(=O)Oc1ccc2c3c1O[C@H]1[C@@H](N(C)C(=O)C=Cc4ccoc4)CC[C@H]4[C@@H](C2)N(CC(O)c2ccccc2)CC[C@@]341. The van der Waals surface area contributed by atoms with Gasteiger partial charge in [-0.15, -0.1) is 0 Å². The first-order chi connectivity index (χ1) is 20.4. The van der Waals surface area contributed by atoms with Crippen molar-refractivity contribution in [3.8, 4) is 11.5 Å². The third kappa shape index (κ3) is 4.27. The number of amides is 1. The summed E-state index contributed by atoms with van der Waals surface area (Å²) in [4.78, 5) is 29.7. The fourth-order valence-corrected chi connectivity index (χ4v) is 8.27. The Balaban J connectivity index is 1.24. The van der Waals surface area contributed by atoms with E-state index in [0.717, 1.165) is 48.9 Å². The van der Waals surface area contributed by atoms with Gasteiger partial charge < -0.3 is 23.9 Å². The lowest BCUT2D eigenvalue weighted by molar-refractivity contribution is -0.135. The highest BCUT2D eigenvalue weighted by Crippen LogP contribution is 2.64. The summed E-state index contributed by atoms with van der Waals surface area (Å²) in [6.45, 7) is 2.79. The summed E-state index contributed by atoms with van der Waals surface area (Å²) < 4.78 is 17.6. The highest BCUT2D eigenvalue weighted by molar-refractivity contribution is 5.92. The predicted octanol–water partition coefficient (Wildman–Crippen LogP) is 4.52. The Morgan fingerprint density at radius 1 is 1.19 bits per heavy atom. The average Bonchev–Trinajstić information content (AvgIpc) is 3.64. The molecule has 2 fully saturated rings. The van der Waals surface area contributed by atoms with Gasteiger partial charge in [0.25, 0.3) is 0 Å². The molecule has 7 rings (SSSR count). The Bertz CT molecular complexity index is 1520. The lowest BCUT2D eigenvalue weighted by atomic mass is 9.51. The molecule has 3 aromatic rings. The summed E-state index contributed by atoms with van der Waals surface area (Å²) in [6.07, 6.45) is 9.14. The van der Waals surface area contributed by atoms with E-state index in [1.54, 1.807) is 24.7 Å². The van der Waals surface area contributed by atoms with Crippen LogP contribution in [-0.2, 0) is 21.4 Å². The first-order valence-electron chi connectivity index (χ1n) is 14.8. The molecule has 1 N–H and O–H groups in total. The quantitative estimate of drug-likeness (QED) is 0.255. The van der Waals surface area contributed by atoms with E-state index in [0.29, 0.717) is 24.0 Å². The second-order valence-electron chi connectivity index (χ2n) is 12.1. The van der Waals surface area contributed by atoms with Gasteiger partial charge in [0.05, 0.1) is 24.7 Å². The monoisotopic (exact) mass is 568 g/mol. The number of ether oxygens (including phenoxy) is 2. The Hall–Kier alpha value is -3.88. The Labute approximate surface area is 245 Å². The molecule has 1 amide bonds. The molecule has 8 heteroatoms. The van der Waals surface area contributed by atoms with Gasteiger partial charge in [0, 0.05) is 49.2 Å². The van der Waals surface area contributed by atoms with Crippen LogP contribution in [0.15, 0.2) is 71.6 Å². The van der Waals surface area contributed by atoms with Crippen LogP contribution in [0.25, 0.3) is 6.08 Å². The summed E-state index contributed by atoms with van der Waals surface area (Å²) in [5.74, 6) is 0.936. The molecule has 0 radical (unpaired) electrons. The molecule has 1 spiro atoms.